The van der Waals surface area contributed by atoms with E-state index < -0.39 is 24.4 Å². The van der Waals surface area contributed by atoms with E-state index in [2.05, 4.69) is 29.9 Å². The first kappa shape index (κ1) is 24.1. The fourth-order valence-corrected chi connectivity index (χ4v) is 2.70. The van der Waals surface area contributed by atoms with Crippen LogP contribution in [0.2, 0.25) is 0 Å². The Kier molecular flexibility index (Phi) is 11.8. The van der Waals surface area contributed by atoms with Gasteiger partial charge in [0.25, 0.3) is 0 Å². The zero-order valence-electron chi connectivity index (χ0n) is 16.6. The van der Waals surface area contributed by atoms with Gasteiger partial charge in [-0.1, -0.05) is 20.5 Å². The van der Waals surface area contributed by atoms with Crippen LogP contribution in [0.25, 0.3) is 0 Å². The number of ether oxygens (including phenoxy) is 4. The van der Waals surface area contributed by atoms with E-state index >= 15 is 0 Å². The van der Waals surface area contributed by atoms with Crippen LogP contribution < -0.4 is 0 Å². The maximum Gasteiger partial charge on any atom is 0.452 e. The van der Waals surface area contributed by atoms with Crippen LogP contribution in [-0.4, -0.2) is 50.3 Å². The van der Waals surface area contributed by atoms with Crippen LogP contribution in [0.5, 0.6) is 0 Å². The molecule has 0 spiro atoms. The monoisotopic (exact) mass is 414 g/mol. The highest BCUT2D eigenvalue weighted by molar-refractivity contribution is 5.73. The topological polar surface area (TPSA) is 155 Å². The second-order valence-electron chi connectivity index (χ2n) is 6.15. The summed E-state index contributed by atoms with van der Waals surface area (Å²) in [5.41, 5.74) is 0. The Hall–Kier alpha value is -2.92. The highest BCUT2D eigenvalue weighted by Crippen LogP contribution is 2.22. The van der Waals surface area contributed by atoms with Crippen LogP contribution in [0.1, 0.15) is 58.3 Å². The molecule has 12 heteroatoms. The molecule has 12 nitrogen and oxygen atoms in total. The Morgan fingerprint density at radius 3 is 1.45 bits per heavy atom. The van der Waals surface area contributed by atoms with E-state index in [4.69, 9.17) is 9.47 Å². The summed E-state index contributed by atoms with van der Waals surface area (Å²) in [4.78, 5) is 43.1. The average molecular weight is 414 g/mol. The van der Waals surface area contributed by atoms with Gasteiger partial charge < -0.3 is 18.9 Å². The number of rotatable bonds is 3. The molecule has 2 rings (SSSR count). The van der Waals surface area contributed by atoms with E-state index in [-0.39, 0.29) is 18.8 Å². The zero-order valence-corrected chi connectivity index (χ0v) is 16.6. The van der Waals surface area contributed by atoms with Gasteiger partial charge in [-0.25, -0.2) is 19.2 Å². The molecule has 0 atom stereocenters. The van der Waals surface area contributed by atoms with Crippen LogP contribution in [-0.2, 0) is 18.9 Å². The average Bonchev–Trinajstić information content (AvgIpc) is 3.39. The smallest absolute Gasteiger partial charge is 0.450 e. The van der Waals surface area contributed by atoms with Crippen molar-refractivity contribution < 1.29 is 38.1 Å². The van der Waals surface area contributed by atoms with Gasteiger partial charge in [0.1, 0.15) is 12.2 Å². The van der Waals surface area contributed by atoms with Gasteiger partial charge in [-0.05, 0) is 58.3 Å². The fraction of sp³-hybridized carbons (Fsp3) is 0.765. The number of hydrogen-bond acceptors (Lipinski definition) is 8. The first-order valence-corrected chi connectivity index (χ1v) is 9.44. The lowest BCUT2D eigenvalue weighted by molar-refractivity contribution is 0.107. The van der Waals surface area contributed by atoms with Crippen molar-refractivity contribution in [2.75, 3.05) is 13.7 Å². The molecule has 2 aliphatic carbocycles. The summed E-state index contributed by atoms with van der Waals surface area (Å²) in [5, 5.41) is 12.2. The molecule has 0 saturated heterocycles. The predicted molar refractivity (Wildman–Crippen MR) is 96.6 cm³/mol. The van der Waals surface area contributed by atoms with E-state index in [1.165, 1.54) is 0 Å². The third-order valence-corrected chi connectivity index (χ3v) is 4.01. The van der Waals surface area contributed by atoms with Crippen molar-refractivity contribution in [2.45, 2.75) is 70.5 Å². The third kappa shape index (κ3) is 11.5. The van der Waals surface area contributed by atoms with E-state index in [9.17, 15) is 19.2 Å². The fourth-order valence-electron chi connectivity index (χ4n) is 2.70. The minimum absolute atomic E-state index is 0.0703. The van der Waals surface area contributed by atoms with Crippen molar-refractivity contribution >= 4 is 24.4 Å². The Balaban J connectivity index is 0.000000291. The highest BCUT2D eigenvalue weighted by atomic mass is 16.6. The molecule has 4 amide bonds. The normalized spacial score (nSPS) is 17.0. The molecule has 0 bridgehead atoms. The van der Waals surface area contributed by atoms with Crippen LogP contribution in [0.3, 0.4) is 0 Å². The first-order chi connectivity index (χ1) is 13.9. The summed E-state index contributed by atoms with van der Waals surface area (Å²) < 4.78 is 18.5. The quantitative estimate of drug-likeness (QED) is 0.463. The molecule has 2 aliphatic rings. The lowest BCUT2D eigenvalue weighted by Gasteiger charge is -2.06. The molecule has 0 heterocycles. The summed E-state index contributed by atoms with van der Waals surface area (Å²) >= 11 is 0. The number of nitrogens with zero attached hydrogens (tertiary/aromatic N) is 4. The second-order valence-corrected chi connectivity index (χ2v) is 6.15. The molecule has 0 unspecified atom stereocenters. The van der Waals surface area contributed by atoms with Crippen molar-refractivity contribution in [1.82, 2.24) is 0 Å². The maximum atomic E-state index is 11.0. The molecule has 29 heavy (non-hydrogen) atoms. The molecule has 162 valence electrons. The molecule has 0 aliphatic heterocycles. The Labute approximate surface area is 168 Å². The van der Waals surface area contributed by atoms with E-state index in [1.807, 2.05) is 0 Å². The highest BCUT2D eigenvalue weighted by Gasteiger charge is 2.19. The Morgan fingerprint density at radius 2 is 1.07 bits per heavy atom. The first-order valence-electron chi connectivity index (χ1n) is 9.44. The number of amides is 4. The lowest BCUT2D eigenvalue weighted by atomic mass is 10.3. The van der Waals surface area contributed by atoms with Gasteiger partial charge in [0.05, 0.1) is 13.7 Å². The third-order valence-electron chi connectivity index (χ3n) is 4.01. The number of carbonyl (C=O) groups excluding carboxylic acids is 4. The summed E-state index contributed by atoms with van der Waals surface area (Å²) in [6.07, 6.45) is 4.11. The molecule has 2 fully saturated rings. The molecule has 0 aromatic rings. The van der Waals surface area contributed by atoms with Gasteiger partial charge in [-0.15, -0.1) is 0 Å². The molecule has 0 aromatic heterocycles. The lowest BCUT2D eigenvalue weighted by Crippen LogP contribution is -2.11. The Morgan fingerprint density at radius 1 is 0.690 bits per heavy atom. The molecule has 2 saturated carbocycles. The summed E-state index contributed by atoms with van der Waals surface area (Å²) in [5.74, 6) is 0. The van der Waals surface area contributed by atoms with Crippen molar-refractivity contribution in [3.63, 3.8) is 0 Å². The number of methoxy groups -OCH3 is 1. The van der Waals surface area contributed by atoms with Gasteiger partial charge in [-0.3, -0.25) is 0 Å². The zero-order chi connectivity index (χ0) is 21.5. The van der Waals surface area contributed by atoms with E-state index in [1.54, 1.807) is 6.92 Å². The van der Waals surface area contributed by atoms with Crippen LogP contribution >= 0.6 is 0 Å². The van der Waals surface area contributed by atoms with Crippen molar-refractivity contribution in [2.24, 2.45) is 20.5 Å². The molecular formula is C17H26N4O8. The van der Waals surface area contributed by atoms with Crippen molar-refractivity contribution in [1.29, 1.82) is 0 Å². The van der Waals surface area contributed by atoms with E-state index in [0.29, 0.717) is 0 Å². The number of azo groups is 2. The summed E-state index contributed by atoms with van der Waals surface area (Å²) in [6, 6.07) is 0. The van der Waals surface area contributed by atoms with Gasteiger partial charge in [0.2, 0.25) is 0 Å². The number of carbonyl (C=O) groups is 4. The number of hydrogen-bond donors (Lipinski definition) is 0. The molecule has 0 aromatic carbocycles. The Bertz CT molecular complexity index is 611. The van der Waals surface area contributed by atoms with Crippen LogP contribution in [0.4, 0.5) is 19.2 Å². The van der Waals surface area contributed by atoms with Gasteiger partial charge in [0, 0.05) is 0 Å². The minimum Gasteiger partial charge on any atom is -0.450 e. The van der Waals surface area contributed by atoms with Gasteiger partial charge >= 0.3 is 24.4 Å². The second kappa shape index (κ2) is 14.1. The summed E-state index contributed by atoms with van der Waals surface area (Å²) in [6.45, 7) is 1.85. The standard InChI is InChI=1S/C9H14N2O4.C8H12N2O4/c1-2-14-8(12)10-11-9(13)15-7-5-3-4-6-7;1-13-7(11)9-10-8(12)14-6-4-2-3-5-6/h7H,2-6H2,1H3;6H,2-5H2,1H3. The van der Waals surface area contributed by atoms with E-state index in [0.717, 1.165) is 58.5 Å². The van der Waals surface area contributed by atoms with Gasteiger partial charge in [-0.2, -0.15) is 0 Å². The SMILES string of the molecule is CCOC(=O)N=NC(=O)OC1CCCC1.COC(=O)N=NC(=O)OC1CCCC1. The van der Waals surface area contributed by atoms with Crippen molar-refractivity contribution in [3.8, 4) is 0 Å². The van der Waals surface area contributed by atoms with Crippen LogP contribution in [0.15, 0.2) is 20.5 Å². The van der Waals surface area contributed by atoms with Crippen LogP contribution in [0, 0.1) is 0 Å². The molecule has 0 radical (unpaired) electrons. The largest absolute Gasteiger partial charge is 0.452 e. The molecule has 0 N–H and O–H groups in total. The van der Waals surface area contributed by atoms with Crippen molar-refractivity contribution in [3.05, 3.63) is 0 Å². The summed E-state index contributed by atoms with van der Waals surface area (Å²) in [7, 11) is 1.16. The minimum atomic E-state index is -0.909. The predicted octanol–water partition coefficient (Wildman–Crippen LogP) is 4.96. The van der Waals surface area contributed by atoms with Gasteiger partial charge in [0.15, 0.2) is 0 Å². The maximum absolute atomic E-state index is 11.0. The molecular weight excluding hydrogens is 388 g/mol.